The Balaban J connectivity index is 2.36. The highest BCUT2D eigenvalue weighted by Gasteiger charge is 2.31. The smallest absolute Gasteiger partial charge is 0.137 e. The Morgan fingerprint density at radius 2 is 2.17 bits per heavy atom. The van der Waals surface area contributed by atoms with E-state index in [-0.39, 0.29) is 18.5 Å². The second-order valence-electron chi connectivity index (χ2n) is 4.10. The van der Waals surface area contributed by atoms with Crippen LogP contribution in [0.5, 0.6) is 0 Å². The van der Waals surface area contributed by atoms with Gasteiger partial charge in [-0.2, -0.15) is 5.10 Å². The quantitative estimate of drug-likeness (QED) is 0.904. The molecule has 4 nitrogen and oxygen atoms in total. The molecule has 0 aliphatic rings. The van der Waals surface area contributed by atoms with Crippen molar-refractivity contribution in [2.75, 3.05) is 0 Å². The van der Waals surface area contributed by atoms with E-state index in [1.165, 1.54) is 23.4 Å². The van der Waals surface area contributed by atoms with Gasteiger partial charge in [-0.05, 0) is 12.5 Å². The molecule has 0 aliphatic heterocycles. The van der Waals surface area contributed by atoms with Gasteiger partial charge in [-0.1, -0.05) is 13.0 Å². The first-order chi connectivity index (χ1) is 8.55. The van der Waals surface area contributed by atoms with Gasteiger partial charge in [0.1, 0.15) is 29.9 Å². The summed E-state index contributed by atoms with van der Waals surface area (Å²) in [5, 5.41) is 14.4. The summed E-state index contributed by atoms with van der Waals surface area (Å²) in [5.41, 5.74) is -1.38. The molecule has 18 heavy (non-hydrogen) atoms. The van der Waals surface area contributed by atoms with E-state index in [0.29, 0.717) is 0 Å². The van der Waals surface area contributed by atoms with Crippen LogP contribution in [0.15, 0.2) is 30.9 Å². The fourth-order valence-corrected chi connectivity index (χ4v) is 1.84. The van der Waals surface area contributed by atoms with E-state index in [4.69, 9.17) is 0 Å². The number of nitrogens with zero attached hydrogens (tertiary/aromatic N) is 3. The fourth-order valence-electron chi connectivity index (χ4n) is 1.84. The molecule has 1 unspecified atom stereocenters. The average Bonchev–Trinajstić information content (AvgIpc) is 2.81. The Bertz CT molecular complexity index is 530. The zero-order chi connectivity index (χ0) is 13.2. The van der Waals surface area contributed by atoms with Crippen LogP contribution in [0, 0.1) is 11.6 Å². The van der Waals surface area contributed by atoms with Gasteiger partial charge in [0.25, 0.3) is 0 Å². The van der Waals surface area contributed by atoms with E-state index in [1.54, 1.807) is 6.92 Å². The molecule has 0 saturated heterocycles. The molecule has 0 amide bonds. The number of aliphatic hydroxyl groups is 1. The number of aromatic nitrogens is 3. The molecule has 2 rings (SSSR count). The summed E-state index contributed by atoms with van der Waals surface area (Å²) < 4.78 is 28.0. The Hall–Kier alpha value is -1.82. The minimum Gasteiger partial charge on any atom is -0.383 e. The minimum atomic E-state index is -1.44. The Kier molecular flexibility index (Phi) is 3.38. The second kappa shape index (κ2) is 4.81. The normalized spacial score (nSPS) is 14.4. The minimum absolute atomic E-state index is 0.0573. The highest BCUT2D eigenvalue weighted by Crippen LogP contribution is 2.29. The van der Waals surface area contributed by atoms with Crippen molar-refractivity contribution in [1.29, 1.82) is 0 Å². The number of hydrogen-bond donors (Lipinski definition) is 1. The second-order valence-corrected chi connectivity index (χ2v) is 4.10. The van der Waals surface area contributed by atoms with Crippen molar-refractivity contribution >= 4 is 0 Å². The molecule has 0 radical (unpaired) electrons. The van der Waals surface area contributed by atoms with Crippen molar-refractivity contribution in [1.82, 2.24) is 14.8 Å². The topological polar surface area (TPSA) is 50.9 Å². The molecule has 1 aromatic heterocycles. The molecule has 1 atom stereocenters. The van der Waals surface area contributed by atoms with Gasteiger partial charge < -0.3 is 5.11 Å². The maximum Gasteiger partial charge on any atom is 0.137 e. The average molecular weight is 253 g/mol. The lowest BCUT2D eigenvalue weighted by atomic mass is 9.90. The first-order valence-corrected chi connectivity index (χ1v) is 5.55. The Morgan fingerprint density at radius 1 is 1.39 bits per heavy atom. The Labute approximate surface area is 103 Å². The van der Waals surface area contributed by atoms with Crippen LogP contribution >= 0.6 is 0 Å². The summed E-state index contributed by atoms with van der Waals surface area (Å²) >= 11 is 0. The largest absolute Gasteiger partial charge is 0.383 e. The highest BCUT2D eigenvalue weighted by molar-refractivity contribution is 5.24. The molecule has 0 bridgehead atoms. The summed E-state index contributed by atoms with van der Waals surface area (Å²) in [6, 6.07) is 3.14. The van der Waals surface area contributed by atoms with Gasteiger partial charge in [0.05, 0.1) is 6.54 Å². The molecular weight excluding hydrogens is 240 g/mol. The van der Waals surface area contributed by atoms with E-state index in [2.05, 4.69) is 10.1 Å². The lowest BCUT2D eigenvalue weighted by molar-refractivity contribution is 0.00757. The third kappa shape index (κ3) is 2.38. The van der Waals surface area contributed by atoms with Crippen molar-refractivity contribution in [2.24, 2.45) is 0 Å². The monoisotopic (exact) mass is 253 g/mol. The van der Waals surface area contributed by atoms with Gasteiger partial charge in [-0.15, -0.1) is 0 Å². The number of hydrogen-bond acceptors (Lipinski definition) is 3. The lowest BCUT2D eigenvalue weighted by Crippen LogP contribution is -2.32. The van der Waals surface area contributed by atoms with Gasteiger partial charge in [0.2, 0.25) is 0 Å². The van der Waals surface area contributed by atoms with Crippen molar-refractivity contribution in [3.8, 4) is 0 Å². The molecular formula is C12H13F2N3O. The summed E-state index contributed by atoms with van der Waals surface area (Å²) in [7, 11) is 0. The molecule has 0 fully saturated rings. The molecule has 96 valence electrons. The SMILES string of the molecule is CCC(O)(Cn1cncn1)c1ccc(F)cc1F. The highest BCUT2D eigenvalue weighted by atomic mass is 19.1. The molecule has 0 aliphatic carbocycles. The van der Waals surface area contributed by atoms with Crippen molar-refractivity contribution in [2.45, 2.75) is 25.5 Å². The third-order valence-corrected chi connectivity index (χ3v) is 2.91. The summed E-state index contributed by atoms with van der Waals surface area (Å²) in [4.78, 5) is 3.76. The molecule has 0 saturated carbocycles. The van der Waals surface area contributed by atoms with Gasteiger partial charge in [0.15, 0.2) is 0 Å². The van der Waals surface area contributed by atoms with Crippen LogP contribution in [-0.4, -0.2) is 19.9 Å². The van der Waals surface area contributed by atoms with Crippen LogP contribution in [0.3, 0.4) is 0 Å². The standard InChI is InChI=1S/C12H13F2N3O/c1-2-12(18,6-17-8-15-7-16-17)10-4-3-9(13)5-11(10)14/h3-5,7-8,18H,2,6H2,1H3. The van der Waals surface area contributed by atoms with Gasteiger partial charge in [0, 0.05) is 11.6 Å². The molecule has 6 heteroatoms. The molecule has 2 aromatic rings. The van der Waals surface area contributed by atoms with Crippen LogP contribution in [0.4, 0.5) is 8.78 Å². The van der Waals surface area contributed by atoms with Crippen LogP contribution in [0.1, 0.15) is 18.9 Å². The van der Waals surface area contributed by atoms with E-state index in [9.17, 15) is 13.9 Å². The van der Waals surface area contributed by atoms with Crippen molar-refractivity contribution in [3.63, 3.8) is 0 Å². The number of halogens is 2. The van der Waals surface area contributed by atoms with E-state index < -0.39 is 17.2 Å². The zero-order valence-corrected chi connectivity index (χ0v) is 9.85. The molecule has 1 N–H and O–H groups in total. The first-order valence-electron chi connectivity index (χ1n) is 5.55. The predicted molar refractivity (Wildman–Crippen MR) is 60.6 cm³/mol. The fraction of sp³-hybridized carbons (Fsp3) is 0.333. The predicted octanol–water partition coefficient (Wildman–Crippen LogP) is 1.85. The summed E-state index contributed by atoms with van der Waals surface area (Å²) in [6.07, 6.45) is 3.04. The van der Waals surface area contributed by atoms with Gasteiger partial charge in [-0.3, -0.25) is 0 Å². The van der Waals surface area contributed by atoms with Crippen molar-refractivity contribution < 1.29 is 13.9 Å². The van der Waals surface area contributed by atoms with Crippen LogP contribution in [0.2, 0.25) is 0 Å². The maximum atomic E-state index is 13.7. The molecule has 1 aromatic carbocycles. The number of rotatable bonds is 4. The third-order valence-electron chi connectivity index (χ3n) is 2.91. The summed E-state index contributed by atoms with van der Waals surface area (Å²) in [5.74, 6) is -1.44. The van der Waals surface area contributed by atoms with Crippen LogP contribution < -0.4 is 0 Å². The van der Waals surface area contributed by atoms with Gasteiger partial charge in [-0.25, -0.2) is 18.4 Å². The summed E-state index contributed by atoms with van der Waals surface area (Å²) in [6.45, 7) is 1.78. The molecule has 0 spiro atoms. The maximum absolute atomic E-state index is 13.7. The Morgan fingerprint density at radius 3 is 2.72 bits per heavy atom. The van der Waals surface area contributed by atoms with E-state index in [0.717, 1.165) is 12.1 Å². The zero-order valence-electron chi connectivity index (χ0n) is 9.85. The van der Waals surface area contributed by atoms with E-state index >= 15 is 0 Å². The van der Waals surface area contributed by atoms with Crippen LogP contribution in [-0.2, 0) is 12.1 Å². The first kappa shape index (κ1) is 12.6. The molecule has 1 heterocycles. The van der Waals surface area contributed by atoms with Gasteiger partial charge >= 0.3 is 0 Å². The number of benzene rings is 1. The van der Waals surface area contributed by atoms with Crippen molar-refractivity contribution in [3.05, 3.63) is 48.1 Å². The van der Waals surface area contributed by atoms with E-state index in [1.807, 2.05) is 0 Å². The lowest BCUT2D eigenvalue weighted by Gasteiger charge is -2.27. The van der Waals surface area contributed by atoms with Crippen LogP contribution in [0.25, 0.3) is 0 Å².